The minimum absolute atomic E-state index is 0.189. The van der Waals surface area contributed by atoms with E-state index in [0.717, 1.165) is 17.0 Å². The molecule has 2 N–H and O–H groups in total. The average molecular weight is 255 g/mol. The largest absolute Gasteiger partial charge is 0.345 e. The molecular weight excluding hydrogens is 242 g/mol. The lowest BCUT2D eigenvalue weighted by Crippen LogP contribution is -2.23. The number of pyridine rings is 1. The molecule has 0 aliphatic carbocycles. The van der Waals surface area contributed by atoms with Crippen molar-refractivity contribution in [2.75, 3.05) is 0 Å². The summed E-state index contributed by atoms with van der Waals surface area (Å²) < 4.78 is 2.00. The number of imidazole rings is 1. The van der Waals surface area contributed by atoms with Gasteiger partial charge in [0.25, 0.3) is 5.91 Å². The Bertz CT molecular complexity index is 714. The highest BCUT2D eigenvalue weighted by Gasteiger charge is 2.08. The zero-order valence-electron chi connectivity index (χ0n) is 10.4. The number of carbonyl (C=O) groups is 1. The standard InChI is InChI=1S/C13H13N5O/c1-9-3-2-4-12-16-10(8-18(9)12)7-14-13(19)11-5-6-15-17-11/h2-6,8H,7H2,1H3,(H,14,19)(H,15,17). The summed E-state index contributed by atoms with van der Waals surface area (Å²) in [5, 5.41) is 9.16. The lowest BCUT2D eigenvalue weighted by Gasteiger charge is -1.99. The van der Waals surface area contributed by atoms with Crippen molar-refractivity contribution in [1.29, 1.82) is 0 Å². The number of hydrogen-bond acceptors (Lipinski definition) is 3. The van der Waals surface area contributed by atoms with E-state index in [1.165, 1.54) is 0 Å². The third-order valence-corrected chi connectivity index (χ3v) is 2.92. The molecule has 0 spiro atoms. The summed E-state index contributed by atoms with van der Waals surface area (Å²) in [5.74, 6) is -0.189. The van der Waals surface area contributed by atoms with E-state index in [1.54, 1.807) is 12.3 Å². The van der Waals surface area contributed by atoms with Crippen LogP contribution in [0.4, 0.5) is 0 Å². The molecule has 0 atom stereocenters. The minimum Gasteiger partial charge on any atom is -0.345 e. The first-order valence-corrected chi connectivity index (χ1v) is 5.95. The van der Waals surface area contributed by atoms with E-state index in [2.05, 4.69) is 20.5 Å². The smallest absolute Gasteiger partial charge is 0.269 e. The molecule has 0 aliphatic rings. The number of hydrogen-bond donors (Lipinski definition) is 2. The summed E-state index contributed by atoms with van der Waals surface area (Å²) in [7, 11) is 0. The Morgan fingerprint density at radius 3 is 3.05 bits per heavy atom. The topological polar surface area (TPSA) is 75.1 Å². The Morgan fingerprint density at radius 2 is 2.32 bits per heavy atom. The van der Waals surface area contributed by atoms with Crippen molar-refractivity contribution in [2.24, 2.45) is 0 Å². The molecule has 19 heavy (non-hydrogen) atoms. The van der Waals surface area contributed by atoms with Gasteiger partial charge in [0.15, 0.2) is 0 Å². The molecule has 0 radical (unpaired) electrons. The first-order chi connectivity index (χ1) is 9.24. The fourth-order valence-electron chi connectivity index (χ4n) is 1.93. The van der Waals surface area contributed by atoms with Gasteiger partial charge in [-0.2, -0.15) is 5.10 Å². The first kappa shape index (κ1) is 11.5. The second-order valence-electron chi connectivity index (χ2n) is 4.28. The maximum atomic E-state index is 11.7. The highest BCUT2D eigenvalue weighted by molar-refractivity contribution is 5.91. The lowest BCUT2D eigenvalue weighted by atomic mass is 10.4. The van der Waals surface area contributed by atoms with Gasteiger partial charge in [-0.1, -0.05) is 6.07 Å². The van der Waals surface area contributed by atoms with E-state index in [-0.39, 0.29) is 5.91 Å². The summed E-state index contributed by atoms with van der Waals surface area (Å²) in [6.45, 7) is 2.40. The van der Waals surface area contributed by atoms with Gasteiger partial charge in [-0.15, -0.1) is 0 Å². The quantitative estimate of drug-likeness (QED) is 0.740. The van der Waals surface area contributed by atoms with Crippen molar-refractivity contribution in [1.82, 2.24) is 24.9 Å². The predicted molar refractivity (Wildman–Crippen MR) is 69.7 cm³/mol. The predicted octanol–water partition coefficient (Wildman–Crippen LogP) is 1.30. The Balaban J connectivity index is 1.75. The number of H-pyrrole nitrogens is 1. The maximum Gasteiger partial charge on any atom is 0.269 e. The van der Waals surface area contributed by atoms with Crippen LogP contribution in [-0.2, 0) is 6.54 Å². The molecule has 3 heterocycles. The molecule has 0 saturated carbocycles. The first-order valence-electron chi connectivity index (χ1n) is 5.95. The van der Waals surface area contributed by atoms with E-state index in [0.29, 0.717) is 12.2 Å². The van der Waals surface area contributed by atoms with Crippen LogP contribution in [-0.4, -0.2) is 25.5 Å². The van der Waals surface area contributed by atoms with Crippen molar-refractivity contribution >= 4 is 11.6 Å². The van der Waals surface area contributed by atoms with Crippen molar-refractivity contribution in [3.63, 3.8) is 0 Å². The van der Waals surface area contributed by atoms with Crippen LogP contribution in [0.5, 0.6) is 0 Å². The van der Waals surface area contributed by atoms with Gasteiger partial charge < -0.3 is 9.72 Å². The van der Waals surface area contributed by atoms with Crippen LogP contribution >= 0.6 is 0 Å². The van der Waals surface area contributed by atoms with E-state index in [1.807, 2.05) is 35.7 Å². The molecule has 3 rings (SSSR count). The van der Waals surface area contributed by atoms with E-state index in [4.69, 9.17) is 0 Å². The summed E-state index contributed by atoms with van der Waals surface area (Å²) in [6, 6.07) is 7.54. The molecule has 6 nitrogen and oxygen atoms in total. The van der Waals surface area contributed by atoms with Gasteiger partial charge in [-0.25, -0.2) is 4.98 Å². The highest BCUT2D eigenvalue weighted by Crippen LogP contribution is 2.08. The zero-order chi connectivity index (χ0) is 13.2. The van der Waals surface area contributed by atoms with E-state index in [9.17, 15) is 4.79 Å². The molecule has 0 saturated heterocycles. The number of aryl methyl sites for hydroxylation is 1. The Kier molecular flexibility index (Phi) is 2.75. The average Bonchev–Trinajstić information content (AvgIpc) is 3.05. The number of carbonyl (C=O) groups excluding carboxylic acids is 1. The van der Waals surface area contributed by atoms with Gasteiger partial charge in [0.1, 0.15) is 11.3 Å². The molecule has 0 unspecified atom stereocenters. The van der Waals surface area contributed by atoms with E-state index >= 15 is 0 Å². The Hall–Kier alpha value is -2.63. The number of amides is 1. The van der Waals surface area contributed by atoms with Gasteiger partial charge in [-0.05, 0) is 25.1 Å². The number of aromatic amines is 1. The van der Waals surface area contributed by atoms with Crippen molar-refractivity contribution in [3.05, 3.63) is 53.7 Å². The summed E-state index contributed by atoms with van der Waals surface area (Å²) in [4.78, 5) is 16.2. The molecule has 0 bridgehead atoms. The van der Waals surface area contributed by atoms with E-state index < -0.39 is 0 Å². The number of nitrogens with zero attached hydrogens (tertiary/aromatic N) is 3. The normalized spacial score (nSPS) is 10.8. The second kappa shape index (κ2) is 4.56. The Morgan fingerprint density at radius 1 is 1.42 bits per heavy atom. The van der Waals surface area contributed by atoms with Gasteiger partial charge in [0, 0.05) is 18.1 Å². The van der Waals surface area contributed by atoms with Crippen LogP contribution in [0.2, 0.25) is 0 Å². The molecule has 0 aliphatic heterocycles. The number of nitrogens with one attached hydrogen (secondary N) is 2. The maximum absolute atomic E-state index is 11.7. The summed E-state index contributed by atoms with van der Waals surface area (Å²) in [6.07, 6.45) is 3.47. The molecule has 96 valence electrons. The third kappa shape index (κ3) is 2.20. The number of fused-ring (bicyclic) bond motifs is 1. The van der Waals surface area contributed by atoms with Gasteiger partial charge in [0.2, 0.25) is 0 Å². The van der Waals surface area contributed by atoms with Gasteiger partial charge in [0.05, 0.1) is 12.2 Å². The minimum atomic E-state index is -0.189. The molecule has 6 heteroatoms. The van der Waals surface area contributed by atoms with Crippen molar-refractivity contribution in [2.45, 2.75) is 13.5 Å². The molecular formula is C13H13N5O. The molecule has 0 fully saturated rings. The SMILES string of the molecule is Cc1cccc2nc(CNC(=O)c3ccn[nH]3)cn12. The van der Waals surface area contributed by atoms with Gasteiger partial charge >= 0.3 is 0 Å². The van der Waals surface area contributed by atoms with Crippen LogP contribution in [0.1, 0.15) is 21.9 Å². The molecule has 0 aromatic carbocycles. The molecule has 3 aromatic heterocycles. The highest BCUT2D eigenvalue weighted by atomic mass is 16.1. The monoisotopic (exact) mass is 255 g/mol. The van der Waals surface area contributed by atoms with Crippen LogP contribution < -0.4 is 5.32 Å². The van der Waals surface area contributed by atoms with Crippen LogP contribution in [0.3, 0.4) is 0 Å². The van der Waals surface area contributed by atoms with Crippen LogP contribution in [0, 0.1) is 6.92 Å². The van der Waals surface area contributed by atoms with Gasteiger partial charge in [-0.3, -0.25) is 9.89 Å². The third-order valence-electron chi connectivity index (χ3n) is 2.92. The number of aromatic nitrogens is 4. The summed E-state index contributed by atoms with van der Waals surface area (Å²) >= 11 is 0. The van der Waals surface area contributed by atoms with Crippen molar-refractivity contribution < 1.29 is 4.79 Å². The van der Waals surface area contributed by atoms with Crippen LogP contribution in [0.25, 0.3) is 5.65 Å². The fraction of sp³-hybridized carbons (Fsp3) is 0.154. The Labute approximate surface area is 109 Å². The molecule has 3 aromatic rings. The fourth-order valence-corrected chi connectivity index (χ4v) is 1.93. The lowest BCUT2D eigenvalue weighted by molar-refractivity contribution is 0.0945. The van der Waals surface area contributed by atoms with Crippen LogP contribution in [0.15, 0.2) is 36.7 Å². The zero-order valence-corrected chi connectivity index (χ0v) is 10.4. The van der Waals surface area contributed by atoms with Crippen molar-refractivity contribution in [3.8, 4) is 0 Å². The number of rotatable bonds is 3. The second-order valence-corrected chi connectivity index (χ2v) is 4.28. The summed E-state index contributed by atoms with van der Waals surface area (Å²) in [5.41, 5.74) is 3.25. The molecule has 1 amide bonds.